The van der Waals surface area contributed by atoms with Crippen molar-refractivity contribution in [3.8, 4) is 5.69 Å². The lowest BCUT2D eigenvalue weighted by atomic mass is 9.96. The van der Waals surface area contributed by atoms with Crippen molar-refractivity contribution in [1.82, 2.24) is 28.5 Å². The Hall–Kier alpha value is -3.55. The van der Waals surface area contributed by atoms with Crippen molar-refractivity contribution in [3.63, 3.8) is 0 Å². The van der Waals surface area contributed by atoms with Crippen LogP contribution in [0.4, 0.5) is 13.2 Å². The standard InChI is InChI=1S/C26H27F3N6O3S/c1-18-12-23-19(14-31-35(23)20-5-6-25(36)32(2)16-20)13-22(18)24-17-34(11-10-33(24)9-7-26(27,28)29)39(37,38)21-4-3-8-30-15-21/h3-6,8,12-16,24H,7,9-11,17H2,1-2H3. The summed E-state index contributed by atoms with van der Waals surface area (Å²) in [5, 5.41) is 5.21. The molecule has 1 fully saturated rings. The van der Waals surface area contributed by atoms with E-state index in [1.54, 1.807) is 35.1 Å². The van der Waals surface area contributed by atoms with Crippen molar-refractivity contribution >= 4 is 20.9 Å². The minimum Gasteiger partial charge on any atom is -0.316 e. The molecule has 1 saturated heterocycles. The summed E-state index contributed by atoms with van der Waals surface area (Å²) in [5.41, 5.74) is 2.80. The highest BCUT2D eigenvalue weighted by molar-refractivity contribution is 7.89. The number of hydrogen-bond acceptors (Lipinski definition) is 6. The molecule has 1 aliphatic heterocycles. The van der Waals surface area contributed by atoms with Crippen molar-refractivity contribution < 1.29 is 21.6 Å². The SMILES string of the molecule is Cc1cc2c(cnn2-c2ccc(=O)n(C)c2)cc1C1CN(S(=O)(=O)c2cccnc2)CCN1CCC(F)(F)F. The Morgan fingerprint density at radius 2 is 1.90 bits per heavy atom. The van der Waals surface area contributed by atoms with E-state index in [9.17, 15) is 26.4 Å². The van der Waals surface area contributed by atoms with E-state index in [-0.39, 0.29) is 36.6 Å². The molecule has 9 nitrogen and oxygen atoms in total. The Labute approximate surface area is 223 Å². The molecule has 4 heterocycles. The first-order chi connectivity index (χ1) is 18.4. The molecule has 0 spiro atoms. The minimum atomic E-state index is -4.33. The highest BCUT2D eigenvalue weighted by Gasteiger charge is 2.38. The minimum absolute atomic E-state index is 0.00361. The van der Waals surface area contributed by atoms with Crippen LogP contribution in [-0.4, -0.2) is 69.3 Å². The summed E-state index contributed by atoms with van der Waals surface area (Å²) >= 11 is 0. The van der Waals surface area contributed by atoms with Crippen LogP contribution in [0.5, 0.6) is 0 Å². The molecule has 3 aromatic heterocycles. The van der Waals surface area contributed by atoms with Gasteiger partial charge in [0, 0.05) is 69.3 Å². The van der Waals surface area contributed by atoms with E-state index in [1.165, 1.54) is 39.5 Å². The van der Waals surface area contributed by atoms with Gasteiger partial charge in [0.25, 0.3) is 0 Å². The number of benzene rings is 1. The first kappa shape index (κ1) is 27.0. The fourth-order valence-electron chi connectivity index (χ4n) is 4.96. The molecule has 0 saturated carbocycles. The van der Waals surface area contributed by atoms with Gasteiger partial charge in [-0.2, -0.15) is 22.6 Å². The van der Waals surface area contributed by atoms with Crippen molar-refractivity contribution in [2.24, 2.45) is 7.05 Å². The van der Waals surface area contributed by atoms with Gasteiger partial charge in [-0.15, -0.1) is 0 Å². The third-order valence-electron chi connectivity index (χ3n) is 7.04. The predicted octanol–water partition coefficient (Wildman–Crippen LogP) is 3.43. The lowest BCUT2D eigenvalue weighted by Gasteiger charge is -2.41. The highest BCUT2D eigenvalue weighted by atomic mass is 32.2. The van der Waals surface area contributed by atoms with E-state index in [4.69, 9.17) is 0 Å². The number of piperazine rings is 1. The van der Waals surface area contributed by atoms with Crippen LogP contribution >= 0.6 is 0 Å². The van der Waals surface area contributed by atoms with Crippen molar-refractivity contribution in [1.29, 1.82) is 0 Å². The number of aryl methyl sites for hydroxylation is 2. The smallest absolute Gasteiger partial charge is 0.316 e. The maximum atomic E-state index is 13.3. The number of nitrogens with zero attached hydrogens (tertiary/aromatic N) is 6. The Morgan fingerprint density at radius 1 is 1.10 bits per heavy atom. The molecular formula is C26H27F3N6O3S. The lowest BCUT2D eigenvalue weighted by Crippen LogP contribution is -2.51. The third-order valence-corrected chi connectivity index (χ3v) is 8.89. The molecule has 0 radical (unpaired) electrons. The number of rotatable bonds is 6. The van der Waals surface area contributed by atoms with Crippen LogP contribution < -0.4 is 5.56 Å². The number of halogens is 3. The summed E-state index contributed by atoms with van der Waals surface area (Å²) in [6.45, 7) is 1.82. The number of alkyl halides is 3. The zero-order valence-corrected chi connectivity index (χ0v) is 22.2. The van der Waals surface area contributed by atoms with E-state index < -0.39 is 28.7 Å². The Balaban J connectivity index is 1.54. The van der Waals surface area contributed by atoms with Gasteiger partial charge in [-0.25, -0.2) is 13.1 Å². The maximum absolute atomic E-state index is 13.3. The van der Waals surface area contributed by atoms with Crippen LogP contribution in [0.1, 0.15) is 23.6 Å². The summed E-state index contributed by atoms with van der Waals surface area (Å²) in [6, 6.07) is 9.25. The number of aromatic nitrogens is 4. The van der Waals surface area contributed by atoms with Gasteiger partial charge in [-0.3, -0.25) is 14.7 Å². The zero-order chi connectivity index (χ0) is 27.9. The summed E-state index contributed by atoms with van der Waals surface area (Å²) in [4.78, 5) is 17.5. The molecule has 0 amide bonds. The molecule has 0 N–H and O–H groups in total. The van der Waals surface area contributed by atoms with Gasteiger partial charge in [-0.05, 0) is 48.4 Å². The molecule has 1 aromatic carbocycles. The van der Waals surface area contributed by atoms with Gasteiger partial charge in [0.2, 0.25) is 15.6 Å². The maximum Gasteiger partial charge on any atom is 0.390 e. The molecule has 0 bridgehead atoms. The largest absolute Gasteiger partial charge is 0.390 e. The highest BCUT2D eigenvalue weighted by Crippen LogP contribution is 2.34. The van der Waals surface area contributed by atoms with E-state index in [2.05, 4.69) is 10.1 Å². The van der Waals surface area contributed by atoms with Gasteiger partial charge in [-0.1, -0.05) is 0 Å². The molecule has 1 atom stereocenters. The van der Waals surface area contributed by atoms with Crippen molar-refractivity contribution in [2.75, 3.05) is 26.2 Å². The summed E-state index contributed by atoms with van der Waals surface area (Å²) in [5.74, 6) is 0. The number of hydrogen-bond donors (Lipinski definition) is 0. The monoisotopic (exact) mass is 560 g/mol. The van der Waals surface area contributed by atoms with Gasteiger partial charge < -0.3 is 4.57 Å². The van der Waals surface area contributed by atoms with Gasteiger partial charge in [0.1, 0.15) is 4.90 Å². The second-order valence-corrected chi connectivity index (χ2v) is 11.6. The van der Waals surface area contributed by atoms with Crippen molar-refractivity contribution in [3.05, 3.63) is 82.7 Å². The molecule has 206 valence electrons. The van der Waals surface area contributed by atoms with Crippen LogP contribution in [0, 0.1) is 6.92 Å². The van der Waals surface area contributed by atoms with E-state index in [1.807, 2.05) is 19.1 Å². The number of fused-ring (bicyclic) bond motifs is 1. The van der Waals surface area contributed by atoms with Crippen LogP contribution in [0.2, 0.25) is 0 Å². The van der Waals surface area contributed by atoms with E-state index >= 15 is 0 Å². The molecule has 1 aliphatic rings. The Morgan fingerprint density at radius 3 is 2.59 bits per heavy atom. The molecule has 5 rings (SSSR count). The first-order valence-electron chi connectivity index (χ1n) is 12.3. The molecule has 4 aromatic rings. The topological polar surface area (TPSA) is 93.3 Å². The summed E-state index contributed by atoms with van der Waals surface area (Å²) in [6.07, 6.45) is 0.732. The third kappa shape index (κ3) is 5.47. The van der Waals surface area contributed by atoms with Crippen LogP contribution in [0.25, 0.3) is 16.6 Å². The Bertz CT molecular complexity index is 1670. The number of pyridine rings is 2. The first-order valence-corrected chi connectivity index (χ1v) is 13.7. The van der Waals surface area contributed by atoms with Gasteiger partial charge in [0.05, 0.1) is 23.8 Å². The van der Waals surface area contributed by atoms with Crippen LogP contribution in [0.15, 0.2) is 70.9 Å². The van der Waals surface area contributed by atoms with Gasteiger partial charge in [0.15, 0.2) is 0 Å². The average Bonchev–Trinajstić information content (AvgIpc) is 3.31. The fourth-order valence-corrected chi connectivity index (χ4v) is 6.36. The molecule has 0 aliphatic carbocycles. The Kier molecular flexibility index (Phi) is 7.08. The van der Waals surface area contributed by atoms with E-state index in [0.717, 1.165) is 22.0 Å². The number of sulfonamides is 1. The lowest BCUT2D eigenvalue weighted by molar-refractivity contribution is -0.140. The summed E-state index contributed by atoms with van der Waals surface area (Å²) < 4.78 is 70.6. The molecular weight excluding hydrogens is 533 g/mol. The second kappa shape index (κ2) is 10.2. The van der Waals surface area contributed by atoms with Crippen LogP contribution in [0.3, 0.4) is 0 Å². The summed E-state index contributed by atoms with van der Waals surface area (Å²) in [7, 11) is -2.24. The quantitative estimate of drug-likeness (QED) is 0.359. The second-order valence-electron chi connectivity index (χ2n) is 9.63. The average molecular weight is 561 g/mol. The van der Waals surface area contributed by atoms with Crippen LogP contribution in [-0.2, 0) is 17.1 Å². The molecule has 1 unspecified atom stereocenters. The predicted molar refractivity (Wildman–Crippen MR) is 139 cm³/mol. The normalized spacial score (nSPS) is 17.6. The van der Waals surface area contributed by atoms with Gasteiger partial charge >= 0.3 is 6.18 Å². The molecule has 39 heavy (non-hydrogen) atoms. The van der Waals surface area contributed by atoms with E-state index in [0.29, 0.717) is 5.69 Å². The zero-order valence-electron chi connectivity index (χ0n) is 21.3. The van der Waals surface area contributed by atoms with Crippen molar-refractivity contribution in [2.45, 2.75) is 30.5 Å². The fraction of sp³-hybridized carbons (Fsp3) is 0.346. The molecule has 13 heteroatoms.